The number of rotatable bonds is 6. The van der Waals surface area contributed by atoms with Gasteiger partial charge in [-0.1, -0.05) is 48.5 Å². The van der Waals surface area contributed by atoms with Crippen molar-refractivity contribution in [2.75, 3.05) is 17.2 Å². The van der Waals surface area contributed by atoms with Gasteiger partial charge in [0.2, 0.25) is 5.76 Å². The summed E-state index contributed by atoms with van der Waals surface area (Å²) in [6, 6.07) is 17.4. The van der Waals surface area contributed by atoms with Gasteiger partial charge in [-0.2, -0.15) is 5.10 Å². The van der Waals surface area contributed by atoms with Gasteiger partial charge in [-0.15, -0.1) is 0 Å². The summed E-state index contributed by atoms with van der Waals surface area (Å²) >= 11 is 0. The number of fused-ring (bicyclic) bond motifs is 3. The van der Waals surface area contributed by atoms with Crippen LogP contribution in [-0.4, -0.2) is 39.5 Å². The summed E-state index contributed by atoms with van der Waals surface area (Å²) in [5.74, 6) is -2.50. The van der Waals surface area contributed by atoms with Gasteiger partial charge in [0.05, 0.1) is 12.0 Å². The zero-order valence-corrected chi connectivity index (χ0v) is 18.5. The van der Waals surface area contributed by atoms with Gasteiger partial charge in [-0.25, -0.2) is 9.59 Å². The molecule has 10 heteroatoms. The lowest BCUT2D eigenvalue weighted by atomic mass is 9.98. The Labute approximate surface area is 199 Å². The Hall–Kier alpha value is -4.86. The van der Waals surface area contributed by atoms with Crippen LogP contribution in [0.4, 0.5) is 16.3 Å². The van der Waals surface area contributed by atoms with Crippen LogP contribution in [0.5, 0.6) is 0 Å². The predicted molar refractivity (Wildman–Crippen MR) is 126 cm³/mol. The van der Waals surface area contributed by atoms with Crippen LogP contribution in [0, 0.1) is 0 Å². The van der Waals surface area contributed by atoms with E-state index in [1.807, 2.05) is 48.5 Å². The van der Waals surface area contributed by atoms with Crippen molar-refractivity contribution in [2.24, 2.45) is 7.05 Å². The standard InChI is InChI=1S/C25H20N4O6/c1-29-12-18(24(31)32)22(28-29)27-23(30)21-20(10-11-34-21)26-25(33)35-13-19-16-8-4-2-6-14(16)15-7-3-5-9-17(15)19/h2-12,19H,13H2,1H3,(H,26,33)(H,31,32)(H,27,28,30). The molecule has 0 atom stereocenters. The van der Waals surface area contributed by atoms with E-state index in [1.165, 1.54) is 30.3 Å². The molecule has 0 unspecified atom stereocenters. The third-order valence-electron chi connectivity index (χ3n) is 5.74. The fourth-order valence-corrected chi connectivity index (χ4v) is 4.23. The Morgan fingerprint density at radius 2 is 1.69 bits per heavy atom. The maximum absolute atomic E-state index is 12.7. The summed E-state index contributed by atoms with van der Waals surface area (Å²) in [5.41, 5.74) is 4.28. The number of aryl methyl sites for hydroxylation is 1. The van der Waals surface area contributed by atoms with Gasteiger partial charge in [0.1, 0.15) is 12.2 Å². The van der Waals surface area contributed by atoms with E-state index in [9.17, 15) is 19.5 Å². The highest BCUT2D eigenvalue weighted by Gasteiger charge is 2.29. The second-order valence-corrected chi connectivity index (χ2v) is 7.94. The number of anilines is 2. The van der Waals surface area contributed by atoms with E-state index in [1.54, 1.807) is 0 Å². The number of carboxylic acid groups (broad SMARTS) is 1. The van der Waals surface area contributed by atoms with Crippen LogP contribution in [-0.2, 0) is 11.8 Å². The highest BCUT2D eigenvalue weighted by molar-refractivity contribution is 6.09. The Morgan fingerprint density at radius 1 is 1.03 bits per heavy atom. The first-order valence-electron chi connectivity index (χ1n) is 10.7. The normalized spacial score (nSPS) is 12.0. The average Bonchev–Trinajstić information content (AvgIpc) is 3.53. The molecule has 0 radical (unpaired) electrons. The summed E-state index contributed by atoms with van der Waals surface area (Å²) < 4.78 is 12.0. The number of ether oxygens (including phenoxy) is 1. The van der Waals surface area contributed by atoms with Crippen LogP contribution >= 0.6 is 0 Å². The highest BCUT2D eigenvalue weighted by Crippen LogP contribution is 2.44. The Balaban J connectivity index is 1.27. The van der Waals surface area contributed by atoms with Crippen molar-refractivity contribution < 1.29 is 28.6 Å². The lowest BCUT2D eigenvalue weighted by Crippen LogP contribution is -2.20. The SMILES string of the molecule is Cn1cc(C(=O)O)c(NC(=O)c2occc2NC(=O)OCC2c3ccccc3-c3ccccc32)n1. The van der Waals surface area contributed by atoms with E-state index >= 15 is 0 Å². The lowest BCUT2D eigenvalue weighted by Gasteiger charge is -2.14. The molecule has 4 aromatic rings. The summed E-state index contributed by atoms with van der Waals surface area (Å²) in [7, 11) is 1.53. The molecule has 0 aliphatic heterocycles. The van der Waals surface area contributed by atoms with Gasteiger partial charge < -0.3 is 19.6 Å². The van der Waals surface area contributed by atoms with Crippen LogP contribution in [0.15, 0.2) is 71.5 Å². The Morgan fingerprint density at radius 3 is 2.34 bits per heavy atom. The number of amides is 2. The van der Waals surface area contributed by atoms with Crippen molar-refractivity contribution in [3.05, 3.63) is 89.5 Å². The number of hydrogen-bond donors (Lipinski definition) is 3. The molecule has 0 spiro atoms. The third kappa shape index (κ3) is 4.12. The van der Waals surface area contributed by atoms with Crippen molar-refractivity contribution in [1.82, 2.24) is 9.78 Å². The van der Waals surface area contributed by atoms with Crippen molar-refractivity contribution in [3.63, 3.8) is 0 Å². The molecule has 2 aromatic heterocycles. The molecule has 0 bridgehead atoms. The fraction of sp³-hybridized carbons (Fsp3) is 0.120. The second kappa shape index (κ2) is 8.82. The molecule has 1 aliphatic carbocycles. The summed E-state index contributed by atoms with van der Waals surface area (Å²) in [5, 5.41) is 18.1. The zero-order chi connectivity index (χ0) is 24.5. The lowest BCUT2D eigenvalue weighted by molar-refractivity contribution is 0.0697. The minimum Gasteiger partial charge on any atom is -0.477 e. The van der Waals surface area contributed by atoms with E-state index in [2.05, 4.69) is 15.7 Å². The van der Waals surface area contributed by atoms with E-state index in [0.29, 0.717) is 0 Å². The number of carboxylic acids is 1. The van der Waals surface area contributed by atoms with Gasteiger partial charge in [0.25, 0.3) is 5.91 Å². The van der Waals surface area contributed by atoms with Crippen LogP contribution in [0.2, 0.25) is 0 Å². The monoisotopic (exact) mass is 472 g/mol. The molecule has 2 amide bonds. The molecule has 1 aliphatic rings. The number of carbonyl (C=O) groups excluding carboxylic acids is 2. The smallest absolute Gasteiger partial charge is 0.411 e. The fourth-order valence-electron chi connectivity index (χ4n) is 4.23. The van der Waals surface area contributed by atoms with E-state index < -0.39 is 18.0 Å². The molecule has 2 heterocycles. The van der Waals surface area contributed by atoms with E-state index in [4.69, 9.17) is 9.15 Å². The Bertz CT molecular complexity index is 1410. The van der Waals surface area contributed by atoms with E-state index in [0.717, 1.165) is 22.3 Å². The molecular weight excluding hydrogens is 452 g/mol. The topological polar surface area (TPSA) is 136 Å². The van der Waals surface area contributed by atoms with Crippen LogP contribution < -0.4 is 10.6 Å². The van der Waals surface area contributed by atoms with Crippen molar-refractivity contribution in [2.45, 2.75) is 5.92 Å². The molecule has 176 valence electrons. The number of benzene rings is 2. The van der Waals surface area contributed by atoms with Crippen LogP contribution in [0.25, 0.3) is 11.1 Å². The number of carbonyl (C=O) groups is 3. The van der Waals surface area contributed by atoms with Crippen molar-refractivity contribution >= 4 is 29.5 Å². The highest BCUT2D eigenvalue weighted by atomic mass is 16.5. The first kappa shape index (κ1) is 22.0. The first-order chi connectivity index (χ1) is 16.9. The number of furan rings is 1. The minimum atomic E-state index is -1.25. The molecule has 3 N–H and O–H groups in total. The quantitative estimate of drug-likeness (QED) is 0.380. The van der Waals surface area contributed by atoms with Gasteiger partial charge >= 0.3 is 12.1 Å². The van der Waals surface area contributed by atoms with Gasteiger partial charge in [0, 0.05) is 25.2 Å². The molecule has 35 heavy (non-hydrogen) atoms. The number of nitrogens with zero attached hydrogens (tertiary/aromatic N) is 2. The second-order valence-electron chi connectivity index (χ2n) is 7.94. The van der Waals surface area contributed by atoms with Gasteiger partial charge in [0.15, 0.2) is 5.82 Å². The summed E-state index contributed by atoms with van der Waals surface area (Å²) in [6.07, 6.45) is 1.73. The molecule has 0 fully saturated rings. The molecular formula is C25H20N4O6. The number of nitrogens with one attached hydrogen (secondary N) is 2. The predicted octanol–water partition coefficient (Wildman–Crippen LogP) is 4.32. The average molecular weight is 472 g/mol. The molecule has 0 saturated heterocycles. The summed E-state index contributed by atoms with van der Waals surface area (Å²) in [6.45, 7) is 0.106. The number of aromatic nitrogens is 2. The zero-order valence-electron chi connectivity index (χ0n) is 18.5. The largest absolute Gasteiger partial charge is 0.477 e. The third-order valence-corrected chi connectivity index (χ3v) is 5.74. The minimum absolute atomic E-state index is 0.0764. The molecule has 0 saturated carbocycles. The molecule has 5 rings (SSSR count). The Kier molecular flexibility index (Phi) is 5.54. The maximum Gasteiger partial charge on any atom is 0.411 e. The molecule has 2 aromatic carbocycles. The number of aromatic carboxylic acids is 1. The summed E-state index contributed by atoms with van der Waals surface area (Å²) in [4.78, 5) is 36.6. The molecule has 10 nitrogen and oxygen atoms in total. The maximum atomic E-state index is 12.7. The van der Waals surface area contributed by atoms with Crippen molar-refractivity contribution in [1.29, 1.82) is 0 Å². The van der Waals surface area contributed by atoms with E-state index in [-0.39, 0.29) is 35.4 Å². The van der Waals surface area contributed by atoms with Crippen LogP contribution in [0.3, 0.4) is 0 Å². The van der Waals surface area contributed by atoms with Gasteiger partial charge in [-0.05, 0) is 22.3 Å². The van der Waals surface area contributed by atoms with Gasteiger partial charge in [-0.3, -0.25) is 14.8 Å². The van der Waals surface area contributed by atoms with Crippen molar-refractivity contribution in [3.8, 4) is 11.1 Å². The van der Waals surface area contributed by atoms with Crippen LogP contribution in [0.1, 0.15) is 38.0 Å². The number of hydrogen-bond acceptors (Lipinski definition) is 6. The first-order valence-corrected chi connectivity index (χ1v) is 10.7.